The summed E-state index contributed by atoms with van der Waals surface area (Å²) in [6.45, 7) is 5.97. The van der Waals surface area contributed by atoms with Crippen LogP contribution in [-0.4, -0.2) is 59.2 Å². The third-order valence-corrected chi connectivity index (χ3v) is 3.92. The maximum absolute atomic E-state index is 11.6. The number of rotatable bonds is 9. The minimum absolute atomic E-state index is 0.0426. The van der Waals surface area contributed by atoms with E-state index < -0.39 is 10.2 Å². The number of nitrogens with zero attached hydrogens (tertiary/aromatic N) is 1. The van der Waals surface area contributed by atoms with Crippen LogP contribution in [0.3, 0.4) is 0 Å². The van der Waals surface area contributed by atoms with Crippen molar-refractivity contribution in [1.82, 2.24) is 14.3 Å². The number of nitrogens with one attached hydrogen (secondary N) is 2. The van der Waals surface area contributed by atoms with Crippen molar-refractivity contribution in [2.45, 2.75) is 19.9 Å². The van der Waals surface area contributed by atoms with Crippen molar-refractivity contribution in [3.63, 3.8) is 0 Å². The van der Waals surface area contributed by atoms with Crippen molar-refractivity contribution >= 4 is 10.2 Å². The van der Waals surface area contributed by atoms with Gasteiger partial charge in [0.1, 0.15) is 0 Å². The van der Waals surface area contributed by atoms with Crippen molar-refractivity contribution in [2.24, 2.45) is 0 Å². The number of hydrogen-bond donors (Lipinski definition) is 2. The highest BCUT2D eigenvalue weighted by Gasteiger charge is 2.18. The molecule has 0 saturated carbocycles. The molecule has 0 fully saturated rings. The fourth-order valence-electron chi connectivity index (χ4n) is 0.947. The molecule has 0 aliphatic carbocycles. The van der Waals surface area contributed by atoms with E-state index in [2.05, 4.69) is 10.0 Å². The quantitative estimate of drug-likeness (QED) is 0.538. The van der Waals surface area contributed by atoms with Crippen LogP contribution in [0.2, 0.25) is 0 Å². The van der Waals surface area contributed by atoms with Crippen LogP contribution in [0.15, 0.2) is 0 Å². The predicted molar refractivity (Wildman–Crippen MR) is 64.6 cm³/mol. The fourth-order valence-corrected chi connectivity index (χ4v) is 2.07. The summed E-state index contributed by atoms with van der Waals surface area (Å²) in [6.07, 6.45) is 0. The van der Waals surface area contributed by atoms with Gasteiger partial charge in [-0.15, -0.1) is 0 Å². The molecular weight excluding hydrogens is 230 g/mol. The largest absolute Gasteiger partial charge is 0.383 e. The van der Waals surface area contributed by atoms with Crippen molar-refractivity contribution in [2.75, 3.05) is 40.4 Å². The average Bonchev–Trinajstić information content (AvgIpc) is 2.22. The smallest absolute Gasteiger partial charge is 0.279 e. The number of methoxy groups -OCH3 is 1. The van der Waals surface area contributed by atoms with E-state index in [1.165, 1.54) is 4.31 Å². The minimum atomic E-state index is -3.34. The van der Waals surface area contributed by atoms with Gasteiger partial charge in [0.05, 0.1) is 6.61 Å². The van der Waals surface area contributed by atoms with E-state index in [0.717, 1.165) is 6.54 Å². The van der Waals surface area contributed by atoms with Crippen molar-refractivity contribution in [3.05, 3.63) is 0 Å². The van der Waals surface area contributed by atoms with Gasteiger partial charge in [0.2, 0.25) is 0 Å². The zero-order chi connectivity index (χ0) is 12.6. The molecule has 6 nitrogen and oxygen atoms in total. The standard InChI is InChI=1S/C9H23N3O3S/c1-9(2)12(3)16(13,14)11-6-5-10-7-8-15-4/h9-11H,5-8H2,1-4H3. The Balaban J connectivity index is 3.75. The van der Waals surface area contributed by atoms with E-state index in [4.69, 9.17) is 4.74 Å². The molecule has 2 N–H and O–H groups in total. The first-order valence-corrected chi connectivity index (χ1v) is 6.78. The maximum atomic E-state index is 11.6. The van der Waals surface area contributed by atoms with Crippen molar-refractivity contribution in [1.29, 1.82) is 0 Å². The first-order chi connectivity index (χ1) is 7.41. The van der Waals surface area contributed by atoms with Gasteiger partial charge < -0.3 is 10.1 Å². The highest BCUT2D eigenvalue weighted by molar-refractivity contribution is 7.87. The summed E-state index contributed by atoms with van der Waals surface area (Å²) < 4.78 is 31.9. The Hall–Kier alpha value is -0.210. The van der Waals surface area contributed by atoms with Gasteiger partial charge in [0, 0.05) is 39.8 Å². The monoisotopic (exact) mass is 253 g/mol. The van der Waals surface area contributed by atoms with Crippen LogP contribution in [-0.2, 0) is 14.9 Å². The van der Waals surface area contributed by atoms with Gasteiger partial charge in [0.25, 0.3) is 10.2 Å². The van der Waals surface area contributed by atoms with Crippen LogP contribution < -0.4 is 10.0 Å². The van der Waals surface area contributed by atoms with Crippen LogP contribution in [0.4, 0.5) is 0 Å². The molecule has 0 aromatic heterocycles. The average molecular weight is 253 g/mol. The fraction of sp³-hybridized carbons (Fsp3) is 1.00. The maximum Gasteiger partial charge on any atom is 0.279 e. The molecule has 0 amide bonds. The highest BCUT2D eigenvalue weighted by atomic mass is 32.2. The second-order valence-electron chi connectivity index (χ2n) is 3.75. The normalized spacial score (nSPS) is 12.6. The third-order valence-electron chi connectivity index (χ3n) is 2.18. The van der Waals surface area contributed by atoms with Gasteiger partial charge in [0.15, 0.2) is 0 Å². The molecule has 0 aromatic carbocycles. The summed E-state index contributed by atoms with van der Waals surface area (Å²) in [5, 5.41) is 3.06. The molecule has 0 heterocycles. The Kier molecular flexibility index (Phi) is 7.86. The van der Waals surface area contributed by atoms with Crippen LogP contribution in [0.5, 0.6) is 0 Å². The van der Waals surface area contributed by atoms with Gasteiger partial charge in [-0.25, -0.2) is 4.72 Å². The Morgan fingerprint density at radius 1 is 1.25 bits per heavy atom. The zero-order valence-electron chi connectivity index (χ0n) is 10.5. The molecule has 16 heavy (non-hydrogen) atoms. The lowest BCUT2D eigenvalue weighted by molar-refractivity contribution is 0.199. The van der Waals surface area contributed by atoms with Crippen LogP contribution >= 0.6 is 0 Å². The van der Waals surface area contributed by atoms with E-state index in [1.807, 2.05) is 13.8 Å². The molecular formula is C9H23N3O3S. The minimum Gasteiger partial charge on any atom is -0.383 e. The van der Waals surface area contributed by atoms with Crippen molar-refractivity contribution in [3.8, 4) is 0 Å². The summed E-state index contributed by atoms with van der Waals surface area (Å²) in [5.41, 5.74) is 0. The Morgan fingerprint density at radius 3 is 2.38 bits per heavy atom. The van der Waals surface area contributed by atoms with Crippen LogP contribution in [0, 0.1) is 0 Å². The predicted octanol–water partition coefficient (Wildman–Crippen LogP) is -0.603. The topological polar surface area (TPSA) is 70.7 Å². The molecule has 0 unspecified atom stereocenters. The lowest BCUT2D eigenvalue weighted by atomic mass is 10.4. The van der Waals surface area contributed by atoms with E-state index in [-0.39, 0.29) is 6.04 Å². The summed E-state index contributed by atoms with van der Waals surface area (Å²) in [6, 6.07) is -0.0426. The molecule has 0 aliphatic heterocycles. The molecule has 0 aliphatic rings. The third kappa shape index (κ3) is 6.39. The lowest BCUT2D eigenvalue weighted by Gasteiger charge is -2.21. The second kappa shape index (κ2) is 7.97. The summed E-state index contributed by atoms with van der Waals surface area (Å²) in [4.78, 5) is 0. The van der Waals surface area contributed by atoms with Gasteiger partial charge in [-0.3, -0.25) is 0 Å². The SMILES string of the molecule is COCCNCCNS(=O)(=O)N(C)C(C)C. The van der Waals surface area contributed by atoms with Gasteiger partial charge in [-0.2, -0.15) is 12.7 Å². The first kappa shape index (κ1) is 15.8. The Morgan fingerprint density at radius 2 is 1.88 bits per heavy atom. The van der Waals surface area contributed by atoms with E-state index in [0.29, 0.717) is 19.7 Å². The van der Waals surface area contributed by atoms with E-state index in [9.17, 15) is 8.42 Å². The zero-order valence-corrected chi connectivity index (χ0v) is 11.3. The Labute approximate surface area is 98.5 Å². The summed E-state index contributed by atoms with van der Waals surface area (Å²) in [5.74, 6) is 0. The molecule has 0 radical (unpaired) electrons. The van der Waals surface area contributed by atoms with Crippen LogP contribution in [0.1, 0.15) is 13.8 Å². The van der Waals surface area contributed by atoms with Gasteiger partial charge >= 0.3 is 0 Å². The lowest BCUT2D eigenvalue weighted by Crippen LogP contribution is -2.44. The molecule has 0 rings (SSSR count). The number of ether oxygens (including phenoxy) is 1. The van der Waals surface area contributed by atoms with Gasteiger partial charge in [-0.05, 0) is 13.8 Å². The highest BCUT2D eigenvalue weighted by Crippen LogP contribution is 1.99. The summed E-state index contributed by atoms with van der Waals surface area (Å²) in [7, 11) is -0.152. The Bertz CT molecular complexity index is 267. The molecule has 0 aromatic rings. The second-order valence-corrected chi connectivity index (χ2v) is 5.57. The molecule has 0 atom stereocenters. The molecule has 0 spiro atoms. The molecule has 7 heteroatoms. The number of hydrogen-bond acceptors (Lipinski definition) is 4. The first-order valence-electron chi connectivity index (χ1n) is 5.34. The molecule has 0 bridgehead atoms. The van der Waals surface area contributed by atoms with Crippen LogP contribution in [0.25, 0.3) is 0 Å². The van der Waals surface area contributed by atoms with E-state index >= 15 is 0 Å². The molecule has 0 saturated heterocycles. The summed E-state index contributed by atoms with van der Waals surface area (Å²) >= 11 is 0. The van der Waals surface area contributed by atoms with Crippen molar-refractivity contribution < 1.29 is 13.2 Å². The van der Waals surface area contributed by atoms with Gasteiger partial charge in [-0.1, -0.05) is 0 Å². The molecule has 98 valence electrons. The van der Waals surface area contributed by atoms with E-state index in [1.54, 1.807) is 14.2 Å².